The van der Waals surface area contributed by atoms with Crippen molar-refractivity contribution in [3.8, 4) is 11.3 Å². The van der Waals surface area contributed by atoms with Gasteiger partial charge in [0.1, 0.15) is 15.9 Å². The van der Waals surface area contributed by atoms with E-state index in [4.69, 9.17) is 0 Å². The van der Waals surface area contributed by atoms with Gasteiger partial charge < -0.3 is 10.0 Å². The SMILES string of the molecule is OB(O)c1ccc2nc(-c3ccccc3)c(Br)n2c1. The molecule has 0 bridgehead atoms. The molecule has 94 valence electrons. The molecule has 0 aliphatic rings. The van der Waals surface area contributed by atoms with Gasteiger partial charge in [-0.3, -0.25) is 4.40 Å². The van der Waals surface area contributed by atoms with Crippen LogP contribution in [0.1, 0.15) is 0 Å². The molecule has 0 atom stereocenters. The summed E-state index contributed by atoms with van der Waals surface area (Å²) < 4.78 is 2.58. The number of fused-ring (bicyclic) bond motifs is 1. The van der Waals surface area contributed by atoms with Gasteiger partial charge in [-0.05, 0) is 27.5 Å². The summed E-state index contributed by atoms with van der Waals surface area (Å²) >= 11 is 3.51. The lowest BCUT2D eigenvalue weighted by Gasteiger charge is -2.01. The van der Waals surface area contributed by atoms with Gasteiger partial charge >= 0.3 is 7.12 Å². The number of hydrogen-bond donors (Lipinski definition) is 2. The van der Waals surface area contributed by atoms with Crippen molar-refractivity contribution >= 4 is 34.2 Å². The van der Waals surface area contributed by atoms with Crippen molar-refractivity contribution in [2.75, 3.05) is 0 Å². The molecule has 0 fully saturated rings. The van der Waals surface area contributed by atoms with E-state index >= 15 is 0 Å². The van der Waals surface area contributed by atoms with E-state index in [1.165, 1.54) is 0 Å². The second-order valence-electron chi connectivity index (χ2n) is 4.18. The Morgan fingerprint density at radius 1 is 1.05 bits per heavy atom. The average Bonchev–Trinajstić information content (AvgIpc) is 2.77. The predicted molar refractivity (Wildman–Crippen MR) is 78.2 cm³/mol. The maximum atomic E-state index is 9.20. The van der Waals surface area contributed by atoms with Crippen LogP contribution in [0.5, 0.6) is 0 Å². The number of rotatable bonds is 2. The summed E-state index contributed by atoms with van der Waals surface area (Å²) in [6, 6.07) is 13.2. The minimum absolute atomic E-state index is 0.421. The fourth-order valence-electron chi connectivity index (χ4n) is 1.96. The summed E-state index contributed by atoms with van der Waals surface area (Å²) in [5, 5.41) is 18.4. The Labute approximate surface area is 118 Å². The average molecular weight is 317 g/mol. The normalized spacial score (nSPS) is 10.9. The highest BCUT2D eigenvalue weighted by molar-refractivity contribution is 9.10. The number of imidazole rings is 1. The fourth-order valence-corrected chi connectivity index (χ4v) is 2.57. The molecule has 0 spiro atoms. The molecule has 4 nitrogen and oxygen atoms in total. The second kappa shape index (κ2) is 4.81. The number of nitrogens with zero attached hydrogens (tertiary/aromatic N) is 2. The molecule has 3 aromatic rings. The van der Waals surface area contributed by atoms with Crippen LogP contribution in [0, 0.1) is 0 Å². The van der Waals surface area contributed by atoms with E-state index < -0.39 is 7.12 Å². The van der Waals surface area contributed by atoms with Crippen molar-refractivity contribution in [2.24, 2.45) is 0 Å². The smallest absolute Gasteiger partial charge is 0.423 e. The first-order valence-corrected chi connectivity index (χ1v) is 6.55. The van der Waals surface area contributed by atoms with Gasteiger partial charge in [-0.2, -0.15) is 0 Å². The molecule has 0 aliphatic carbocycles. The molecule has 0 aliphatic heterocycles. The monoisotopic (exact) mass is 316 g/mol. The highest BCUT2D eigenvalue weighted by Gasteiger charge is 2.15. The standard InChI is InChI=1S/C13H10BBrN2O2/c15-13-12(9-4-2-1-3-5-9)16-11-7-6-10(14(18)19)8-17(11)13/h1-8,18-19H. The van der Waals surface area contributed by atoms with E-state index in [2.05, 4.69) is 20.9 Å². The molecule has 19 heavy (non-hydrogen) atoms. The Morgan fingerprint density at radius 2 is 1.79 bits per heavy atom. The number of halogens is 1. The highest BCUT2D eigenvalue weighted by atomic mass is 79.9. The van der Waals surface area contributed by atoms with Crippen LogP contribution < -0.4 is 5.46 Å². The van der Waals surface area contributed by atoms with Crippen LogP contribution >= 0.6 is 15.9 Å². The Hall–Kier alpha value is -1.63. The summed E-state index contributed by atoms with van der Waals surface area (Å²) in [4.78, 5) is 4.54. The molecule has 1 aromatic carbocycles. The predicted octanol–water partition coefficient (Wildman–Crippen LogP) is 1.44. The lowest BCUT2D eigenvalue weighted by Crippen LogP contribution is -2.30. The fraction of sp³-hybridized carbons (Fsp3) is 0. The molecule has 0 unspecified atom stereocenters. The van der Waals surface area contributed by atoms with Crippen molar-refractivity contribution < 1.29 is 10.0 Å². The van der Waals surface area contributed by atoms with E-state index in [-0.39, 0.29) is 0 Å². The van der Waals surface area contributed by atoms with E-state index in [1.807, 2.05) is 30.3 Å². The largest absolute Gasteiger partial charge is 0.489 e. The van der Waals surface area contributed by atoms with Gasteiger partial charge in [-0.25, -0.2) is 4.98 Å². The van der Waals surface area contributed by atoms with Gasteiger partial charge in [-0.15, -0.1) is 0 Å². The third-order valence-electron chi connectivity index (χ3n) is 2.93. The Balaban J connectivity index is 2.21. The zero-order valence-electron chi connectivity index (χ0n) is 9.86. The first-order valence-electron chi connectivity index (χ1n) is 5.76. The maximum Gasteiger partial charge on any atom is 0.489 e. The number of aromatic nitrogens is 2. The zero-order chi connectivity index (χ0) is 13.4. The first kappa shape index (κ1) is 12.4. The van der Waals surface area contributed by atoms with Gasteiger partial charge in [0.25, 0.3) is 0 Å². The van der Waals surface area contributed by atoms with Gasteiger partial charge in [0.2, 0.25) is 0 Å². The van der Waals surface area contributed by atoms with Gasteiger partial charge in [-0.1, -0.05) is 36.4 Å². The molecule has 0 saturated carbocycles. The lowest BCUT2D eigenvalue weighted by molar-refractivity contribution is 0.425. The van der Waals surface area contributed by atoms with Crippen LogP contribution in [0.15, 0.2) is 53.3 Å². The summed E-state index contributed by atoms with van der Waals surface area (Å²) in [5.74, 6) is 0. The number of hydrogen-bond acceptors (Lipinski definition) is 3. The van der Waals surface area contributed by atoms with Crippen LogP contribution in [0.3, 0.4) is 0 Å². The minimum Gasteiger partial charge on any atom is -0.423 e. The second-order valence-corrected chi connectivity index (χ2v) is 4.93. The summed E-state index contributed by atoms with van der Waals surface area (Å²) in [5.41, 5.74) is 3.00. The number of pyridine rings is 1. The van der Waals surface area contributed by atoms with Crippen molar-refractivity contribution in [2.45, 2.75) is 0 Å². The van der Waals surface area contributed by atoms with E-state index in [1.54, 1.807) is 22.7 Å². The number of benzene rings is 1. The van der Waals surface area contributed by atoms with Crippen LogP contribution in [0.2, 0.25) is 0 Å². The molecule has 6 heteroatoms. The minimum atomic E-state index is -1.49. The van der Waals surface area contributed by atoms with Gasteiger partial charge in [0.05, 0.1) is 0 Å². The molecular formula is C13H10BBrN2O2. The summed E-state index contributed by atoms with van der Waals surface area (Å²) in [6.45, 7) is 0. The van der Waals surface area contributed by atoms with Gasteiger partial charge in [0.15, 0.2) is 0 Å². The molecule has 0 radical (unpaired) electrons. The van der Waals surface area contributed by atoms with E-state index in [9.17, 15) is 10.0 Å². The lowest BCUT2D eigenvalue weighted by atomic mass is 9.82. The quantitative estimate of drug-likeness (QED) is 0.703. The first-order chi connectivity index (χ1) is 9.16. The van der Waals surface area contributed by atoms with Crippen molar-refractivity contribution in [3.05, 3.63) is 53.3 Å². The summed E-state index contributed by atoms with van der Waals surface area (Å²) in [7, 11) is -1.49. The van der Waals surface area contributed by atoms with Crippen LogP contribution in [-0.2, 0) is 0 Å². The van der Waals surface area contributed by atoms with Crippen molar-refractivity contribution in [1.29, 1.82) is 0 Å². The summed E-state index contributed by atoms with van der Waals surface area (Å²) in [6.07, 6.45) is 1.66. The van der Waals surface area contributed by atoms with Crippen LogP contribution in [-0.4, -0.2) is 26.6 Å². The van der Waals surface area contributed by atoms with Crippen molar-refractivity contribution in [1.82, 2.24) is 9.38 Å². The van der Waals surface area contributed by atoms with E-state index in [0.717, 1.165) is 21.5 Å². The Kier molecular flexibility index (Phi) is 3.14. The molecule has 0 saturated heterocycles. The zero-order valence-corrected chi connectivity index (χ0v) is 11.4. The molecule has 3 rings (SSSR count). The Morgan fingerprint density at radius 3 is 2.47 bits per heavy atom. The topological polar surface area (TPSA) is 57.8 Å². The van der Waals surface area contributed by atoms with Crippen molar-refractivity contribution in [3.63, 3.8) is 0 Å². The third-order valence-corrected chi connectivity index (χ3v) is 3.69. The Bertz CT molecular complexity index is 728. The van der Waals surface area contributed by atoms with E-state index in [0.29, 0.717) is 5.46 Å². The van der Waals surface area contributed by atoms with Gasteiger partial charge in [0, 0.05) is 11.8 Å². The van der Waals surface area contributed by atoms with Crippen LogP contribution in [0.4, 0.5) is 0 Å². The molecule has 2 N–H and O–H groups in total. The van der Waals surface area contributed by atoms with Crippen LogP contribution in [0.25, 0.3) is 16.9 Å². The molecule has 2 aromatic heterocycles. The third kappa shape index (κ3) is 2.18. The molecule has 0 amide bonds. The molecule has 2 heterocycles. The molecular weight excluding hydrogens is 307 g/mol. The highest BCUT2D eigenvalue weighted by Crippen LogP contribution is 2.28. The maximum absolute atomic E-state index is 9.20.